The zero-order valence-corrected chi connectivity index (χ0v) is 17.1. The predicted octanol–water partition coefficient (Wildman–Crippen LogP) is 2.43. The molecule has 8 nitrogen and oxygen atoms in total. The quantitative estimate of drug-likeness (QED) is 0.647. The summed E-state index contributed by atoms with van der Waals surface area (Å²) < 4.78 is 92.3. The number of benzene rings is 2. The van der Waals surface area contributed by atoms with Gasteiger partial charge in [0.05, 0.1) is 20.2 Å². The van der Waals surface area contributed by atoms with Crippen LogP contribution in [0.5, 0.6) is 0 Å². The molecule has 0 bridgehead atoms. The summed E-state index contributed by atoms with van der Waals surface area (Å²) >= 11 is 0. The van der Waals surface area contributed by atoms with Crippen molar-refractivity contribution in [1.29, 1.82) is 0 Å². The number of sulfone groups is 1. The second kappa shape index (κ2) is 8.62. The van der Waals surface area contributed by atoms with Crippen molar-refractivity contribution in [2.75, 3.05) is 20.1 Å². The van der Waals surface area contributed by atoms with Gasteiger partial charge in [-0.1, -0.05) is 18.2 Å². The molecular formula is C17H17F3N2O6S2. The van der Waals surface area contributed by atoms with Gasteiger partial charge in [-0.25, -0.2) is 26.4 Å². The van der Waals surface area contributed by atoms with Gasteiger partial charge in [-0.2, -0.15) is 13.2 Å². The van der Waals surface area contributed by atoms with E-state index in [9.17, 15) is 34.8 Å². The number of carboxylic acid groups (broad SMARTS) is 1. The summed E-state index contributed by atoms with van der Waals surface area (Å²) in [5.41, 5.74) is -1.55. The van der Waals surface area contributed by atoms with E-state index >= 15 is 0 Å². The number of nitrogens with zero attached hydrogens (tertiary/aromatic N) is 1. The van der Waals surface area contributed by atoms with E-state index in [0.29, 0.717) is 18.2 Å². The number of halogens is 3. The van der Waals surface area contributed by atoms with Gasteiger partial charge in [0.1, 0.15) is 0 Å². The smallest absolute Gasteiger partial charge is 0.417 e. The van der Waals surface area contributed by atoms with Crippen molar-refractivity contribution in [2.24, 2.45) is 0 Å². The maximum atomic E-state index is 13.4. The molecule has 2 aromatic rings. The lowest BCUT2D eigenvalue weighted by molar-refractivity contribution is -0.139. The fourth-order valence-electron chi connectivity index (χ4n) is 2.38. The molecule has 2 aromatic carbocycles. The predicted molar refractivity (Wildman–Crippen MR) is 99.2 cm³/mol. The number of carbonyl (C=O) groups is 1. The van der Waals surface area contributed by atoms with Crippen LogP contribution >= 0.6 is 0 Å². The maximum absolute atomic E-state index is 13.4. The topological polar surface area (TPSA) is 121 Å². The van der Waals surface area contributed by atoms with E-state index in [1.807, 2.05) is 4.72 Å². The number of likely N-dealkylation sites (N-methyl/N-ethyl adjacent to an activating group) is 1. The molecule has 0 saturated heterocycles. The highest BCUT2D eigenvalue weighted by Gasteiger charge is 2.38. The van der Waals surface area contributed by atoms with Crippen LogP contribution in [-0.2, 0) is 26.0 Å². The second-order valence-corrected chi connectivity index (χ2v) is 9.76. The molecule has 0 atom stereocenters. The van der Waals surface area contributed by atoms with Gasteiger partial charge in [0.2, 0.25) is 19.9 Å². The Kier molecular flexibility index (Phi) is 6.79. The Morgan fingerprint density at radius 3 is 2.17 bits per heavy atom. The summed E-state index contributed by atoms with van der Waals surface area (Å²) in [4.78, 5) is 9.33. The number of amides is 1. The number of nitrogens with one attached hydrogen (secondary N) is 1. The highest BCUT2D eigenvalue weighted by atomic mass is 32.2. The fourth-order valence-corrected chi connectivity index (χ4v) is 5.04. The van der Waals surface area contributed by atoms with Crippen LogP contribution in [0.2, 0.25) is 0 Å². The van der Waals surface area contributed by atoms with Crippen LogP contribution in [0.3, 0.4) is 0 Å². The van der Waals surface area contributed by atoms with Gasteiger partial charge in [0.25, 0.3) is 0 Å². The molecule has 30 heavy (non-hydrogen) atoms. The van der Waals surface area contributed by atoms with E-state index in [2.05, 4.69) is 0 Å². The van der Waals surface area contributed by atoms with Gasteiger partial charge in [-0.15, -0.1) is 0 Å². The standard InChI is InChI=1S/C17H17F3N2O6S2/c1-22(16(23)24)10-9-21-30(27,28)15-11-13(7-8-14(15)17(18,19)20)29(25,26)12-5-3-2-4-6-12/h2-8,11,21H,9-10H2,1H3,(H,23,24). The molecule has 0 unspecified atom stereocenters. The molecule has 0 aliphatic rings. The molecule has 2 rings (SSSR count). The highest BCUT2D eigenvalue weighted by Crippen LogP contribution is 2.36. The van der Waals surface area contributed by atoms with Crippen LogP contribution in [0.25, 0.3) is 0 Å². The summed E-state index contributed by atoms with van der Waals surface area (Å²) in [6.07, 6.45) is -6.43. The molecule has 164 valence electrons. The van der Waals surface area contributed by atoms with E-state index in [4.69, 9.17) is 5.11 Å². The zero-order chi connectivity index (χ0) is 22.7. The first-order chi connectivity index (χ1) is 13.8. The average Bonchev–Trinajstić information content (AvgIpc) is 2.67. The average molecular weight is 466 g/mol. The Labute approximate surface area is 170 Å². The van der Waals surface area contributed by atoms with Crippen LogP contribution in [-0.4, -0.2) is 53.1 Å². The molecule has 0 aromatic heterocycles. The molecule has 13 heteroatoms. The number of rotatable bonds is 7. The fraction of sp³-hybridized carbons (Fsp3) is 0.235. The van der Waals surface area contributed by atoms with E-state index in [-0.39, 0.29) is 11.4 Å². The van der Waals surface area contributed by atoms with Crippen LogP contribution in [0.4, 0.5) is 18.0 Å². The van der Waals surface area contributed by atoms with Crippen molar-refractivity contribution in [3.63, 3.8) is 0 Å². The third kappa shape index (κ3) is 5.29. The van der Waals surface area contributed by atoms with E-state index in [1.165, 1.54) is 24.3 Å². The van der Waals surface area contributed by atoms with Crippen LogP contribution in [0, 0.1) is 0 Å². The van der Waals surface area contributed by atoms with Gasteiger partial charge in [-0.3, -0.25) is 0 Å². The van der Waals surface area contributed by atoms with Crippen molar-refractivity contribution in [3.8, 4) is 0 Å². The first-order valence-corrected chi connectivity index (χ1v) is 11.2. The molecule has 0 saturated carbocycles. The normalized spacial score (nSPS) is 12.5. The highest BCUT2D eigenvalue weighted by molar-refractivity contribution is 7.91. The van der Waals surface area contributed by atoms with Crippen LogP contribution in [0.1, 0.15) is 5.56 Å². The summed E-state index contributed by atoms with van der Waals surface area (Å²) in [6.45, 7) is -0.851. The van der Waals surface area contributed by atoms with E-state index < -0.39 is 54.0 Å². The van der Waals surface area contributed by atoms with Crippen LogP contribution in [0.15, 0.2) is 63.2 Å². The van der Waals surface area contributed by atoms with Gasteiger partial charge >= 0.3 is 12.3 Å². The Hall–Kier alpha value is -2.64. The van der Waals surface area contributed by atoms with Gasteiger partial charge < -0.3 is 10.0 Å². The molecule has 1 amide bonds. The summed E-state index contributed by atoms with van der Waals surface area (Å²) in [7, 11) is -7.95. The van der Waals surface area contributed by atoms with Gasteiger partial charge in [-0.05, 0) is 30.3 Å². The molecule has 2 N–H and O–H groups in total. The van der Waals surface area contributed by atoms with Crippen molar-refractivity contribution in [1.82, 2.24) is 9.62 Å². The SMILES string of the molecule is CN(CCNS(=O)(=O)c1cc(S(=O)(=O)c2ccccc2)ccc1C(F)(F)F)C(=O)O. The number of hydrogen-bond donors (Lipinski definition) is 2. The lowest BCUT2D eigenvalue weighted by atomic mass is 10.2. The lowest BCUT2D eigenvalue weighted by Gasteiger charge is -2.17. The lowest BCUT2D eigenvalue weighted by Crippen LogP contribution is -2.36. The van der Waals surface area contributed by atoms with Crippen molar-refractivity contribution < 1.29 is 39.9 Å². The second-order valence-electron chi connectivity index (χ2n) is 6.07. The van der Waals surface area contributed by atoms with Crippen molar-refractivity contribution in [3.05, 3.63) is 54.1 Å². The molecule has 0 radical (unpaired) electrons. The number of hydrogen-bond acceptors (Lipinski definition) is 5. The monoisotopic (exact) mass is 466 g/mol. The first-order valence-electron chi connectivity index (χ1n) is 8.22. The van der Waals surface area contributed by atoms with E-state index in [0.717, 1.165) is 11.9 Å². The largest absolute Gasteiger partial charge is 0.465 e. The van der Waals surface area contributed by atoms with Gasteiger partial charge in [0.15, 0.2) is 0 Å². The maximum Gasteiger partial charge on any atom is 0.417 e. The van der Waals surface area contributed by atoms with Crippen molar-refractivity contribution >= 4 is 26.0 Å². The Morgan fingerprint density at radius 2 is 1.63 bits per heavy atom. The Bertz CT molecular complexity index is 1130. The molecular weight excluding hydrogens is 449 g/mol. The molecule has 0 aliphatic carbocycles. The summed E-state index contributed by atoms with van der Waals surface area (Å²) in [5, 5.41) is 8.75. The Balaban J connectivity index is 2.51. The minimum absolute atomic E-state index is 0.218. The number of alkyl halides is 3. The molecule has 0 fully saturated rings. The van der Waals surface area contributed by atoms with E-state index in [1.54, 1.807) is 6.07 Å². The first kappa shape index (κ1) is 23.6. The number of sulfonamides is 1. The third-order valence-electron chi connectivity index (χ3n) is 3.98. The van der Waals surface area contributed by atoms with Crippen molar-refractivity contribution in [2.45, 2.75) is 20.9 Å². The molecule has 0 spiro atoms. The molecule has 0 heterocycles. The Morgan fingerprint density at radius 1 is 1.03 bits per heavy atom. The minimum Gasteiger partial charge on any atom is -0.465 e. The van der Waals surface area contributed by atoms with Gasteiger partial charge in [0, 0.05) is 20.1 Å². The minimum atomic E-state index is -5.07. The summed E-state index contributed by atoms with van der Waals surface area (Å²) in [5.74, 6) is 0. The molecule has 0 aliphatic heterocycles. The summed E-state index contributed by atoms with van der Waals surface area (Å²) in [6, 6.07) is 8.32. The zero-order valence-electron chi connectivity index (χ0n) is 15.4. The third-order valence-corrected chi connectivity index (χ3v) is 7.25. The van der Waals surface area contributed by atoms with Crippen LogP contribution < -0.4 is 4.72 Å².